The maximum absolute atomic E-state index is 13.1. The molecule has 0 heterocycles. The van der Waals surface area contributed by atoms with E-state index < -0.39 is 26.7 Å². The van der Waals surface area contributed by atoms with E-state index in [2.05, 4.69) is 26.8 Å². The van der Waals surface area contributed by atoms with Crippen molar-refractivity contribution >= 4 is 25.4 Å². The number of benzene rings is 3. The first-order valence-corrected chi connectivity index (χ1v) is 13.3. The van der Waals surface area contributed by atoms with E-state index in [0.29, 0.717) is 18.4 Å². The summed E-state index contributed by atoms with van der Waals surface area (Å²) in [5.41, 5.74) is 2.82. The monoisotopic (exact) mass is 473 g/mol. The van der Waals surface area contributed by atoms with Crippen molar-refractivity contribution in [3.8, 4) is 0 Å². The number of hydrogen-bond donors (Lipinski definition) is 1. The number of fused-ring (bicyclic) bond motifs is 1. The summed E-state index contributed by atoms with van der Waals surface area (Å²) in [5, 5.41) is 14.4. The number of aliphatic hydroxyl groups is 1. The minimum absolute atomic E-state index is 0.102. The molecule has 1 N–H and O–H groups in total. The molecule has 0 saturated carbocycles. The molecule has 34 heavy (non-hydrogen) atoms. The van der Waals surface area contributed by atoms with Gasteiger partial charge in [0.15, 0.2) is 5.79 Å². The van der Waals surface area contributed by atoms with Crippen LogP contribution in [0.3, 0.4) is 0 Å². The average Bonchev–Trinajstić information content (AvgIpc) is 2.83. The Hall–Kier alpha value is -2.73. The van der Waals surface area contributed by atoms with Crippen LogP contribution in [0.5, 0.6) is 0 Å². The Bertz CT molecular complexity index is 1080. The molecule has 0 bridgehead atoms. The molecule has 0 fully saturated rings. The van der Waals surface area contributed by atoms with Gasteiger partial charge in [0, 0.05) is 5.56 Å². The number of esters is 1. The molecule has 2 unspecified atom stereocenters. The summed E-state index contributed by atoms with van der Waals surface area (Å²) >= 11 is 0. The Balaban J connectivity index is 1.88. The predicted molar refractivity (Wildman–Crippen MR) is 136 cm³/mol. The second-order valence-corrected chi connectivity index (χ2v) is 11.8. The van der Waals surface area contributed by atoms with Crippen molar-refractivity contribution in [1.82, 2.24) is 0 Å². The van der Waals surface area contributed by atoms with E-state index >= 15 is 0 Å². The first-order chi connectivity index (χ1) is 16.3. The maximum atomic E-state index is 13.1. The summed E-state index contributed by atoms with van der Waals surface area (Å²) in [4.78, 5) is 13.1. The Morgan fingerprint density at radius 1 is 0.971 bits per heavy atom. The van der Waals surface area contributed by atoms with Gasteiger partial charge in [-0.15, -0.1) is 0 Å². The van der Waals surface area contributed by atoms with Crippen molar-refractivity contribution in [2.75, 3.05) is 6.61 Å². The second-order valence-electron chi connectivity index (χ2n) is 9.78. The normalized spacial score (nSPS) is 20.1. The van der Waals surface area contributed by atoms with Gasteiger partial charge in [0.25, 0.3) is 9.04 Å². The number of hydrogen-bond acceptors (Lipinski definition) is 4. The van der Waals surface area contributed by atoms with E-state index in [1.807, 2.05) is 72.8 Å². The van der Waals surface area contributed by atoms with E-state index in [1.54, 1.807) is 6.92 Å². The molecule has 0 aliphatic heterocycles. The van der Waals surface area contributed by atoms with Gasteiger partial charge < -0.3 is 14.3 Å². The molecule has 4 nitrogen and oxygen atoms in total. The Morgan fingerprint density at radius 2 is 1.56 bits per heavy atom. The SMILES string of the molecule is CCOC(=O)C1CCc2c(C(C)(C)C)cccc2C1(O)O[Si](c1ccccc1)c1ccccc1. The minimum Gasteiger partial charge on any atom is -0.466 e. The van der Waals surface area contributed by atoms with Crippen molar-refractivity contribution in [3.05, 3.63) is 95.6 Å². The van der Waals surface area contributed by atoms with Crippen molar-refractivity contribution < 1.29 is 19.1 Å². The molecule has 0 spiro atoms. The summed E-state index contributed by atoms with van der Waals surface area (Å²) in [5.74, 6) is -3.01. The van der Waals surface area contributed by atoms with E-state index in [1.165, 1.54) is 5.56 Å². The molecule has 3 aromatic carbocycles. The number of ether oxygens (including phenoxy) is 1. The smallest absolute Gasteiger partial charge is 0.314 e. The molecule has 177 valence electrons. The first kappa shape index (κ1) is 24.4. The van der Waals surface area contributed by atoms with Gasteiger partial charge in [-0.3, -0.25) is 4.79 Å². The maximum Gasteiger partial charge on any atom is 0.314 e. The lowest BCUT2D eigenvalue weighted by Crippen LogP contribution is -2.56. The first-order valence-electron chi connectivity index (χ1n) is 11.9. The standard InChI is InChI=1S/C29H33O4Si/c1-5-32-27(30)26-20-19-23-24(28(2,3)4)17-12-18-25(23)29(26,31)33-34(21-13-8-6-9-14-21)22-15-10-7-11-16-22/h6-18,26,31H,5,19-20H2,1-4H3. The second kappa shape index (κ2) is 9.86. The van der Waals surface area contributed by atoms with Crippen LogP contribution in [0, 0.1) is 5.92 Å². The fourth-order valence-electron chi connectivity index (χ4n) is 4.83. The zero-order valence-electron chi connectivity index (χ0n) is 20.4. The molecule has 1 aliphatic carbocycles. The molecule has 0 saturated heterocycles. The molecule has 5 heteroatoms. The molecule has 0 aromatic heterocycles. The number of rotatable bonds is 6. The molecule has 1 radical (unpaired) electrons. The third-order valence-electron chi connectivity index (χ3n) is 6.43. The van der Waals surface area contributed by atoms with Gasteiger partial charge in [-0.1, -0.05) is 99.6 Å². The van der Waals surface area contributed by atoms with Gasteiger partial charge in [-0.2, -0.15) is 0 Å². The summed E-state index contributed by atoms with van der Waals surface area (Å²) in [7, 11) is -1.88. The highest BCUT2D eigenvalue weighted by Gasteiger charge is 2.51. The highest BCUT2D eigenvalue weighted by molar-refractivity contribution is 6.80. The van der Waals surface area contributed by atoms with Crippen molar-refractivity contribution in [2.24, 2.45) is 5.92 Å². The van der Waals surface area contributed by atoms with Crippen LogP contribution in [0.1, 0.15) is 50.8 Å². The van der Waals surface area contributed by atoms with Crippen LogP contribution in [0.2, 0.25) is 0 Å². The largest absolute Gasteiger partial charge is 0.466 e. The summed E-state index contributed by atoms with van der Waals surface area (Å²) < 4.78 is 12.2. The van der Waals surface area contributed by atoms with E-state index in [-0.39, 0.29) is 12.0 Å². The third kappa shape index (κ3) is 4.74. The number of carbonyl (C=O) groups excluding carboxylic acids is 1. The van der Waals surface area contributed by atoms with Gasteiger partial charge in [-0.05, 0) is 46.7 Å². The van der Waals surface area contributed by atoms with Gasteiger partial charge in [0.1, 0.15) is 5.92 Å². The fourth-order valence-corrected chi connectivity index (χ4v) is 6.96. The van der Waals surface area contributed by atoms with Crippen LogP contribution in [-0.2, 0) is 31.6 Å². The summed E-state index contributed by atoms with van der Waals surface area (Å²) in [6, 6.07) is 25.9. The van der Waals surface area contributed by atoms with Crippen LogP contribution in [0.4, 0.5) is 0 Å². The van der Waals surface area contributed by atoms with Crippen molar-refractivity contribution in [3.63, 3.8) is 0 Å². The minimum atomic E-state index is -1.88. The van der Waals surface area contributed by atoms with Crippen LogP contribution in [0.25, 0.3) is 0 Å². The molecule has 2 atom stereocenters. The lowest BCUT2D eigenvalue weighted by molar-refractivity contribution is -0.211. The summed E-state index contributed by atoms with van der Waals surface area (Å²) in [6.07, 6.45) is 1.16. The molecular weight excluding hydrogens is 440 g/mol. The number of carbonyl (C=O) groups is 1. The van der Waals surface area contributed by atoms with Gasteiger partial charge >= 0.3 is 5.97 Å². The van der Waals surface area contributed by atoms with Gasteiger partial charge in [0.05, 0.1) is 6.61 Å². The molecular formula is C29H33O4Si. The average molecular weight is 474 g/mol. The highest BCUT2D eigenvalue weighted by atomic mass is 28.3. The molecule has 3 aromatic rings. The topological polar surface area (TPSA) is 55.8 Å². The zero-order valence-corrected chi connectivity index (χ0v) is 21.4. The quantitative estimate of drug-likeness (QED) is 0.333. The van der Waals surface area contributed by atoms with Crippen molar-refractivity contribution in [2.45, 2.75) is 51.7 Å². The Morgan fingerprint density at radius 3 is 2.09 bits per heavy atom. The van der Waals surface area contributed by atoms with Crippen LogP contribution in [-0.4, -0.2) is 26.7 Å². The third-order valence-corrected chi connectivity index (χ3v) is 8.66. The van der Waals surface area contributed by atoms with E-state index in [0.717, 1.165) is 15.9 Å². The lowest BCUT2D eigenvalue weighted by Gasteiger charge is -2.43. The van der Waals surface area contributed by atoms with Crippen molar-refractivity contribution in [1.29, 1.82) is 0 Å². The molecule has 1 aliphatic rings. The molecule has 4 rings (SSSR count). The predicted octanol–water partition coefficient (Wildman–Crippen LogP) is 4.08. The van der Waals surface area contributed by atoms with Gasteiger partial charge in [-0.25, -0.2) is 0 Å². The Kier molecular flexibility index (Phi) is 7.08. The zero-order chi connectivity index (χ0) is 24.3. The Labute approximate surface area is 204 Å². The highest BCUT2D eigenvalue weighted by Crippen LogP contribution is 2.45. The van der Waals surface area contributed by atoms with Crippen LogP contribution >= 0.6 is 0 Å². The van der Waals surface area contributed by atoms with Crippen LogP contribution < -0.4 is 10.4 Å². The molecule has 0 amide bonds. The summed E-state index contributed by atoms with van der Waals surface area (Å²) in [6.45, 7) is 8.56. The van der Waals surface area contributed by atoms with Gasteiger partial charge in [0.2, 0.25) is 0 Å². The fraction of sp³-hybridized carbons (Fsp3) is 0.345. The van der Waals surface area contributed by atoms with E-state index in [9.17, 15) is 9.90 Å². The van der Waals surface area contributed by atoms with Crippen LogP contribution in [0.15, 0.2) is 78.9 Å². The lowest BCUT2D eigenvalue weighted by atomic mass is 9.72. The van der Waals surface area contributed by atoms with E-state index in [4.69, 9.17) is 9.16 Å².